The van der Waals surface area contributed by atoms with Crippen molar-refractivity contribution in [1.29, 1.82) is 0 Å². The number of nitrogens with zero attached hydrogens (tertiary/aromatic N) is 3. The molecule has 2 aliphatic heterocycles. The number of esters is 1. The van der Waals surface area contributed by atoms with Crippen LogP contribution in [0, 0.1) is 0 Å². The number of ether oxygens (including phenoxy) is 2. The fourth-order valence-electron chi connectivity index (χ4n) is 4.45. The molecule has 2 saturated heterocycles. The minimum Gasteiger partial charge on any atom is -0.469 e. The Bertz CT molecular complexity index is 1030. The molecule has 2 aliphatic rings. The highest BCUT2D eigenvalue weighted by Gasteiger charge is 2.26. The molecule has 0 bridgehead atoms. The van der Waals surface area contributed by atoms with Crippen molar-refractivity contribution >= 4 is 40.5 Å². The number of hydrogen-bond donors (Lipinski definition) is 1. The van der Waals surface area contributed by atoms with Gasteiger partial charge in [-0.2, -0.15) is 0 Å². The van der Waals surface area contributed by atoms with Gasteiger partial charge in [0.05, 0.1) is 36.7 Å². The Morgan fingerprint density at radius 1 is 1.11 bits per heavy atom. The van der Waals surface area contributed by atoms with Gasteiger partial charge in [-0.15, -0.1) is 11.3 Å². The summed E-state index contributed by atoms with van der Waals surface area (Å²) in [4.78, 5) is 45.3. The lowest BCUT2D eigenvalue weighted by molar-refractivity contribution is -0.141. The number of nitrogens with one attached hydrogen (secondary N) is 1. The van der Waals surface area contributed by atoms with E-state index < -0.39 is 0 Å². The van der Waals surface area contributed by atoms with Crippen LogP contribution in [-0.2, 0) is 19.1 Å². The highest BCUT2D eigenvalue weighted by Crippen LogP contribution is 2.31. The third-order valence-electron chi connectivity index (χ3n) is 6.45. The summed E-state index contributed by atoms with van der Waals surface area (Å²) in [6, 6.07) is 7.81. The highest BCUT2D eigenvalue weighted by molar-refractivity contribution is 7.10. The van der Waals surface area contributed by atoms with Crippen LogP contribution in [-0.4, -0.2) is 74.2 Å². The highest BCUT2D eigenvalue weighted by atomic mass is 32.1. The predicted octanol–water partition coefficient (Wildman–Crippen LogP) is 3.28. The molecule has 4 rings (SSSR count). The summed E-state index contributed by atoms with van der Waals surface area (Å²) in [5.41, 5.74) is 2.18. The first kappa shape index (κ1) is 25.1. The maximum Gasteiger partial charge on any atom is 0.305 e. The summed E-state index contributed by atoms with van der Waals surface area (Å²) in [6.07, 6.45) is 2.76. The second-order valence-electron chi connectivity index (χ2n) is 8.73. The van der Waals surface area contributed by atoms with Crippen LogP contribution in [0.3, 0.4) is 0 Å². The molecule has 1 N–H and O–H groups in total. The fraction of sp³-hybridized carbons (Fsp3) is 0.520. The molecule has 2 aromatic rings. The van der Waals surface area contributed by atoms with E-state index in [9.17, 15) is 14.4 Å². The molecule has 10 heteroatoms. The molecule has 9 nitrogen and oxygen atoms in total. The third-order valence-corrected chi connectivity index (χ3v) is 7.46. The number of carbonyl (C=O) groups is 3. The van der Waals surface area contributed by atoms with Crippen LogP contribution in [0.5, 0.6) is 0 Å². The summed E-state index contributed by atoms with van der Waals surface area (Å²) < 4.78 is 10.1. The molecule has 1 aromatic heterocycles. The van der Waals surface area contributed by atoms with Gasteiger partial charge >= 0.3 is 5.97 Å². The molecule has 0 spiro atoms. The predicted molar refractivity (Wildman–Crippen MR) is 134 cm³/mol. The van der Waals surface area contributed by atoms with Crippen LogP contribution < -0.4 is 10.2 Å². The van der Waals surface area contributed by atoms with Gasteiger partial charge in [0.1, 0.15) is 5.69 Å². The Balaban J connectivity index is 1.29. The van der Waals surface area contributed by atoms with E-state index in [1.165, 1.54) is 18.4 Å². The van der Waals surface area contributed by atoms with E-state index in [0.717, 1.165) is 42.3 Å². The fourth-order valence-corrected chi connectivity index (χ4v) is 5.42. The van der Waals surface area contributed by atoms with Crippen molar-refractivity contribution in [2.24, 2.45) is 0 Å². The summed E-state index contributed by atoms with van der Waals surface area (Å²) in [5, 5.41) is 5.78. The van der Waals surface area contributed by atoms with E-state index in [-0.39, 0.29) is 30.1 Å². The van der Waals surface area contributed by atoms with Gasteiger partial charge in [0.25, 0.3) is 5.91 Å². The third kappa shape index (κ3) is 6.58. The summed E-state index contributed by atoms with van der Waals surface area (Å²) in [5.74, 6) is -0.192. The minimum absolute atomic E-state index is 0.0745. The number of thiazole rings is 1. The molecule has 2 fully saturated rings. The smallest absolute Gasteiger partial charge is 0.305 e. The zero-order valence-corrected chi connectivity index (χ0v) is 20.8. The van der Waals surface area contributed by atoms with E-state index in [2.05, 4.69) is 19.9 Å². The molecule has 35 heavy (non-hydrogen) atoms. The number of methoxy groups -OCH3 is 1. The van der Waals surface area contributed by atoms with E-state index in [4.69, 9.17) is 4.74 Å². The van der Waals surface area contributed by atoms with Crippen molar-refractivity contribution in [3.05, 3.63) is 40.3 Å². The molecule has 0 unspecified atom stereocenters. The largest absolute Gasteiger partial charge is 0.469 e. The number of aromatic nitrogens is 1. The summed E-state index contributed by atoms with van der Waals surface area (Å²) in [6.45, 7) is 4.26. The Morgan fingerprint density at radius 3 is 2.60 bits per heavy atom. The molecular formula is C25H32N4O5S. The van der Waals surface area contributed by atoms with Gasteiger partial charge in [0.2, 0.25) is 5.91 Å². The van der Waals surface area contributed by atoms with Crippen molar-refractivity contribution in [3.63, 3.8) is 0 Å². The molecular weight excluding hydrogens is 468 g/mol. The van der Waals surface area contributed by atoms with Crippen molar-refractivity contribution in [1.82, 2.24) is 9.88 Å². The van der Waals surface area contributed by atoms with Crippen molar-refractivity contribution in [3.8, 4) is 0 Å². The lowest BCUT2D eigenvalue weighted by Gasteiger charge is -2.31. The molecule has 0 saturated carbocycles. The average Bonchev–Trinajstić information content (AvgIpc) is 3.40. The van der Waals surface area contributed by atoms with Crippen LogP contribution in [0.25, 0.3) is 0 Å². The lowest BCUT2D eigenvalue weighted by Crippen LogP contribution is -2.37. The number of amides is 2. The SMILES string of the molecule is COC(=O)CCCC(=O)N1CCC(c2nc(C(=O)Nc3ccccc3N3CCOCC3)cs2)CC1. The Hall–Kier alpha value is -2.98. The van der Waals surface area contributed by atoms with Crippen LogP contribution in [0.2, 0.25) is 0 Å². The van der Waals surface area contributed by atoms with Gasteiger partial charge in [0, 0.05) is 50.3 Å². The topological polar surface area (TPSA) is 101 Å². The van der Waals surface area contributed by atoms with Gasteiger partial charge in [0.15, 0.2) is 0 Å². The number of hydrogen-bond acceptors (Lipinski definition) is 8. The zero-order chi connectivity index (χ0) is 24.6. The number of piperidine rings is 1. The molecule has 1 aromatic carbocycles. The Labute approximate surface area is 209 Å². The Kier molecular flexibility index (Phi) is 8.70. The summed E-state index contributed by atoms with van der Waals surface area (Å²) in [7, 11) is 1.35. The van der Waals surface area contributed by atoms with E-state index in [1.807, 2.05) is 34.5 Å². The van der Waals surface area contributed by atoms with Gasteiger partial charge in [-0.3, -0.25) is 14.4 Å². The van der Waals surface area contributed by atoms with Gasteiger partial charge in [-0.1, -0.05) is 12.1 Å². The zero-order valence-electron chi connectivity index (χ0n) is 20.0. The molecule has 3 heterocycles. The van der Waals surface area contributed by atoms with E-state index in [1.54, 1.807) is 0 Å². The monoisotopic (exact) mass is 500 g/mol. The standard InChI is InChI=1S/C25H32N4O5S/c1-33-23(31)8-4-7-22(30)29-11-9-18(10-12-29)25-27-20(17-35-25)24(32)26-19-5-2-3-6-21(19)28-13-15-34-16-14-28/h2-3,5-6,17-18H,4,7-16H2,1H3,(H,26,32). The first-order chi connectivity index (χ1) is 17.0. The summed E-state index contributed by atoms with van der Waals surface area (Å²) >= 11 is 1.50. The number of morpholine rings is 1. The van der Waals surface area contributed by atoms with Gasteiger partial charge in [-0.25, -0.2) is 4.98 Å². The minimum atomic E-state index is -0.287. The number of anilines is 2. The second-order valence-corrected chi connectivity index (χ2v) is 9.62. The lowest BCUT2D eigenvalue weighted by atomic mass is 9.97. The van der Waals surface area contributed by atoms with Gasteiger partial charge in [-0.05, 0) is 31.4 Å². The van der Waals surface area contributed by atoms with Crippen molar-refractivity contribution < 1.29 is 23.9 Å². The van der Waals surface area contributed by atoms with Crippen LogP contribution in [0.15, 0.2) is 29.6 Å². The second kappa shape index (κ2) is 12.1. The first-order valence-corrected chi connectivity index (χ1v) is 13.0. The molecule has 188 valence electrons. The van der Waals surface area contributed by atoms with Crippen LogP contribution in [0.4, 0.5) is 11.4 Å². The number of carbonyl (C=O) groups excluding carboxylic acids is 3. The van der Waals surface area contributed by atoms with E-state index in [0.29, 0.717) is 44.8 Å². The van der Waals surface area contributed by atoms with Crippen molar-refractivity contribution in [2.45, 2.75) is 38.0 Å². The number of para-hydroxylation sites is 2. The number of likely N-dealkylation sites (tertiary alicyclic amines) is 1. The van der Waals surface area contributed by atoms with Crippen LogP contribution in [0.1, 0.15) is 53.5 Å². The van der Waals surface area contributed by atoms with Gasteiger partial charge < -0.3 is 24.6 Å². The Morgan fingerprint density at radius 2 is 1.86 bits per heavy atom. The first-order valence-electron chi connectivity index (χ1n) is 12.1. The van der Waals surface area contributed by atoms with Crippen molar-refractivity contribution in [2.75, 3.05) is 56.7 Å². The van der Waals surface area contributed by atoms with Crippen LogP contribution >= 0.6 is 11.3 Å². The quantitative estimate of drug-likeness (QED) is 0.555. The molecule has 0 atom stereocenters. The number of benzene rings is 1. The maximum absolute atomic E-state index is 13.0. The molecule has 2 amide bonds. The molecule has 0 radical (unpaired) electrons. The maximum atomic E-state index is 13.0. The number of rotatable bonds is 8. The normalized spacial score (nSPS) is 16.7. The van der Waals surface area contributed by atoms with E-state index >= 15 is 0 Å². The molecule has 0 aliphatic carbocycles. The average molecular weight is 501 g/mol.